The lowest BCUT2D eigenvalue weighted by Gasteiger charge is -2.29. The summed E-state index contributed by atoms with van der Waals surface area (Å²) < 4.78 is 22.1. The lowest BCUT2D eigenvalue weighted by atomic mass is 9.75. The molecule has 1 atom stereocenters. The number of fused-ring (bicyclic) bond motifs is 1. The molecule has 3 N–H and O–H groups in total. The largest absolute Gasteiger partial charge is 0.379 e. The van der Waals surface area contributed by atoms with E-state index in [1.807, 2.05) is 20.8 Å². The molecule has 2 heterocycles. The Bertz CT molecular complexity index is 1020. The van der Waals surface area contributed by atoms with E-state index in [0.29, 0.717) is 55.1 Å². The second-order valence-electron chi connectivity index (χ2n) is 8.89. The van der Waals surface area contributed by atoms with E-state index in [-0.39, 0.29) is 28.5 Å². The molecule has 0 unspecified atom stereocenters. The van der Waals surface area contributed by atoms with Crippen LogP contribution in [0.3, 0.4) is 0 Å². The number of halogens is 1. The molecule has 1 amide bonds. The fourth-order valence-electron chi connectivity index (χ4n) is 4.39. The van der Waals surface area contributed by atoms with Gasteiger partial charge in [0.05, 0.1) is 35.2 Å². The minimum absolute atomic E-state index is 0.0136. The molecule has 4 rings (SSSR count). The Kier molecular flexibility index (Phi) is 5.13. The lowest BCUT2D eigenvalue weighted by molar-refractivity contribution is 0.0909. The van der Waals surface area contributed by atoms with Gasteiger partial charge in [0.2, 0.25) is 0 Å². The third-order valence-electron chi connectivity index (χ3n) is 5.82. The van der Waals surface area contributed by atoms with Crippen molar-refractivity contribution in [3.05, 3.63) is 40.5 Å². The van der Waals surface area contributed by atoms with E-state index in [1.54, 1.807) is 6.07 Å². The van der Waals surface area contributed by atoms with E-state index in [9.17, 15) is 9.59 Å². The van der Waals surface area contributed by atoms with Crippen LogP contribution in [0.2, 0.25) is 0 Å². The van der Waals surface area contributed by atoms with Crippen molar-refractivity contribution in [3.63, 3.8) is 0 Å². The van der Waals surface area contributed by atoms with E-state index >= 15 is 4.39 Å². The van der Waals surface area contributed by atoms with E-state index in [2.05, 4.69) is 10.4 Å². The van der Waals surface area contributed by atoms with Gasteiger partial charge in [0.15, 0.2) is 5.78 Å². The number of hydrogen-bond donors (Lipinski definition) is 2. The number of anilines is 1. The number of primary amides is 1. The summed E-state index contributed by atoms with van der Waals surface area (Å²) in [6.45, 7) is 7.11. The zero-order valence-corrected chi connectivity index (χ0v) is 17.5. The van der Waals surface area contributed by atoms with Gasteiger partial charge in [0.1, 0.15) is 11.5 Å². The third-order valence-corrected chi connectivity index (χ3v) is 5.82. The standard InChI is InChI=1S/C22H27FN4O3/c1-4-15-20-18(9-22(2,3)10-19(20)28)27(26-15)17-8-16(25-12-5-6-30-11-12)13(21(24)29)7-14(17)23/h7-8,12,25H,4-6,9-11H2,1-3H3,(H2,24,29)/t12-/m1/s1. The van der Waals surface area contributed by atoms with Crippen LogP contribution in [0, 0.1) is 11.2 Å². The number of nitrogens with zero attached hydrogens (tertiary/aromatic N) is 2. The predicted octanol–water partition coefficient (Wildman–Crippen LogP) is 3.03. The molecule has 0 radical (unpaired) electrons. The Morgan fingerprint density at radius 1 is 1.40 bits per heavy atom. The molecule has 1 aromatic heterocycles. The monoisotopic (exact) mass is 414 g/mol. The summed E-state index contributed by atoms with van der Waals surface area (Å²) in [5.74, 6) is -1.28. The summed E-state index contributed by atoms with van der Waals surface area (Å²) >= 11 is 0. The molecule has 1 aromatic carbocycles. The van der Waals surface area contributed by atoms with Gasteiger partial charge < -0.3 is 15.8 Å². The summed E-state index contributed by atoms with van der Waals surface area (Å²) in [5, 5.41) is 7.85. The highest BCUT2D eigenvalue weighted by molar-refractivity contribution is 6.00. The molecule has 1 aliphatic carbocycles. The summed E-state index contributed by atoms with van der Waals surface area (Å²) in [5.41, 5.74) is 7.97. The van der Waals surface area contributed by atoms with Crippen molar-refractivity contribution in [2.24, 2.45) is 11.1 Å². The van der Waals surface area contributed by atoms with Crippen molar-refractivity contribution < 1.29 is 18.7 Å². The van der Waals surface area contributed by atoms with Gasteiger partial charge in [-0.2, -0.15) is 5.10 Å². The quantitative estimate of drug-likeness (QED) is 0.784. The van der Waals surface area contributed by atoms with Crippen LogP contribution in [0.4, 0.5) is 10.1 Å². The topological polar surface area (TPSA) is 99.2 Å². The summed E-state index contributed by atoms with van der Waals surface area (Å²) in [4.78, 5) is 24.7. The smallest absolute Gasteiger partial charge is 0.250 e. The first kappa shape index (κ1) is 20.5. The Morgan fingerprint density at radius 2 is 2.17 bits per heavy atom. The van der Waals surface area contributed by atoms with Crippen LogP contribution in [-0.4, -0.2) is 40.7 Å². The summed E-state index contributed by atoms with van der Waals surface area (Å²) in [6.07, 6.45) is 2.41. The normalized spacial score (nSPS) is 20.3. The van der Waals surface area contributed by atoms with Crippen LogP contribution in [0.1, 0.15) is 65.7 Å². The average molecular weight is 414 g/mol. The molecule has 1 saturated heterocycles. The molecule has 8 heteroatoms. The molecule has 30 heavy (non-hydrogen) atoms. The Morgan fingerprint density at radius 3 is 2.80 bits per heavy atom. The number of rotatable bonds is 5. The molecule has 160 valence electrons. The zero-order valence-electron chi connectivity index (χ0n) is 17.5. The van der Waals surface area contributed by atoms with E-state index in [1.165, 1.54) is 4.68 Å². The average Bonchev–Trinajstić information content (AvgIpc) is 3.29. The molecule has 1 aliphatic heterocycles. The molecule has 2 aromatic rings. The predicted molar refractivity (Wildman–Crippen MR) is 111 cm³/mol. The van der Waals surface area contributed by atoms with Gasteiger partial charge >= 0.3 is 0 Å². The second-order valence-corrected chi connectivity index (χ2v) is 8.89. The highest BCUT2D eigenvalue weighted by Crippen LogP contribution is 2.38. The van der Waals surface area contributed by atoms with Crippen LogP contribution >= 0.6 is 0 Å². The minimum Gasteiger partial charge on any atom is -0.379 e. The maximum absolute atomic E-state index is 15.2. The fourth-order valence-corrected chi connectivity index (χ4v) is 4.39. The number of hydrogen-bond acceptors (Lipinski definition) is 5. The van der Waals surface area contributed by atoms with Crippen LogP contribution in [0.5, 0.6) is 0 Å². The van der Waals surface area contributed by atoms with Crippen LogP contribution in [0.15, 0.2) is 12.1 Å². The van der Waals surface area contributed by atoms with Gasteiger partial charge in [0, 0.05) is 18.7 Å². The number of carbonyl (C=O) groups excluding carboxylic acids is 2. The van der Waals surface area contributed by atoms with E-state index < -0.39 is 11.7 Å². The molecule has 2 aliphatic rings. The molecule has 0 spiro atoms. The Balaban J connectivity index is 1.86. The number of benzene rings is 1. The van der Waals surface area contributed by atoms with Gasteiger partial charge in [-0.05, 0) is 36.8 Å². The molecule has 0 bridgehead atoms. The molecular formula is C22H27FN4O3. The number of nitrogens with two attached hydrogens (primary N) is 1. The highest BCUT2D eigenvalue weighted by Gasteiger charge is 2.37. The van der Waals surface area contributed by atoms with Gasteiger partial charge in [-0.3, -0.25) is 9.59 Å². The number of carbonyl (C=O) groups is 2. The number of Topliss-reactive ketones (excluding diaryl/α,β-unsaturated/α-hetero) is 1. The Hall–Kier alpha value is -2.74. The maximum atomic E-state index is 15.2. The highest BCUT2D eigenvalue weighted by atomic mass is 19.1. The van der Waals surface area contributed by atoms with Gasteiger partial charge in [-0.1, -0.05) is 20.8 Å². The van der Waals surface area contributed by atoms with Crippen molar-refractivity contribution in [1.82, 2.24) is 9.78 Å². The van der Waals surface area contributed by atoms with Crippen LogP contribution in [0.25, 0.3) is 5.69 Å². The van der Waals surface area contributed by atoms with Crippen molar-refractivity contribution in [3.8, 4) is 5.69 Å². The SMILES string of the molecule is CCc1nn(-c2cc(N[C@@H]3CCOC3)c(C(N)=O)cc2F)c2c1C(=O)CC(C)(C)C2. The number of amides is 1. The number of ketones is 1. The third kappa shape index (κ3) is 3.60. The van der Waals surface area contributed by atoms with E-state index in [4.69, 9.17) is 10.5 Å². The fraction of sp³-hybridized carbons (Fsp3) is 0.500. The van der Waals surface area contributed by atoms with Gasteiger partial charge in [-0.15, -0.1) is 0 Å². The second kappa shape index (κ2) is 7.50. The van der Waals surface area contributed by atoms with Crippen molar-refractivity contribution in [1.29, 1.82) is 0 Å². The Labute approximate surface area is 174 Å². The number of ether oxygens (including phenoxy) is 1. The first-order chi connectivity index (χ1) is 14.2. The molecule has 0 saturated carbocycles. The van der Waals surface area contributed by atoms with Gasteiger partial charge in [-0.25, -0.2) is 9.07 Å². The summed E-state index contributed by atoms with van der Waals surface area (Å²) in [7, 11) is 0. The van der Waals surface area contributed by atoms with Crippen LogP contribution in [-0.2, 0) is 17.6 Å². The van der Waals surface area contributed by atoms with Gasteiger partial charge in [0.25, 0.3) is 5.91 Å². The zero-order chi connectivity index (χ0) is 21.6. The van der Waals surface area contributed by atoms with Crippen molar-refractivity contribution in [2.45, 2.75) is 52.5 Å². The minimum atomic E-state index is -0.713. The summed E-state index contributed by atoms with van der Waals surface area (Å²) in [6, 6.07) is 2.72. The maximum Gasteiger partial charge on any atom is 0.250 e. The van der Waals surface area contributed by atoms with Crippen LogP contribution < -0.4 is 11.1 Å². The van der Waals surface area contributed by atoms with Crippen molar-refractivity contribution in [2.75, 3.05) is 18.5 Å². The van der Waals surface area contributed by atoms with E-state index in [0.717, 1.165) is 12.5 Å². The number of nitrogens with one attached hydrogen (secondary N) is 1. The first-order valence-corrected chi connectivity index (χ1v) is 10.3. The van der Waals surface area contributed by atoms with Crippen molar-refractivity contribution >= 4 is 17.4 Å². The molecular weight excluding hydrogens is 387 g/mol. The molecule has 7 nitrogen and oxygen atoms in total. The lowest BCUT2D eigenvalue weighted by Crippen LogP contribution is -2.28. The number of aromatic nitrogens is 2. The molecule has 1 fully saturated rings. The first-order valence-electron chi connectivity index (χ1n) is 10.3. The number of aryl methyl sites for hydroxylation is 1.